The van der Waals surface area contributed by atoms with Gasteiger partial charge in [0.05, 0.1) is 10.0 Å². The molecule has 4 nitrogen and oxygen atoms in total. The van der Waals surface area contributed by atoms with Gasteiger partial charge in [0.25, 0.3) is 0 Å². The number of nitrogen functional groups attached to an aromatic ring is 1. The molecule has 7 heteroatoms. The summed E-state index contributed by atoms with van der Waals surface area (Å²) in [7, 11) is 0. The second-order valence-electron chi connectivity index (χ2n) is 4.76. The van der Waals surface area contributed by atoms with E-state index >= 15 is 0 Å². The quantitative estimate of drug-likeness (QED) is 0.645. The van der Waals surface area contributed by atoms with Crippen molar-refractivity contribution in [1.82, 2.24) is 4.98 Å². The summed E-state index contributed by atoms with van der Waals surface area (Å²) in [6.45, 7) is 0.798. The molecule has 2 aromatic heterocycles. The molecule has 2 aromatic rings. The predicted octanol–water partition coefficient (Wildman–Crippen LogP) is 3.90. The van der Waals surface area contributed by atoms with E-state index in [1.54, 1.807) is 17.4 Å². The molecule has 0 aromatic carbocycles. The SMILES string of the molecule is NNc1nc(N(Cc2ccsc2)C2CC2)c(Cl)cc1Cl. The van der Waals surface area contributed by atoms with E-state index in [0.717, 1.165) is 25.2 Å². The fraction of sp³-hybridized carbons (Fsp3) is 0.308. The number of thiophene rings is 1. The highest BCUT2D eigenvalue weighted by molar-refractivity contribution is 7.07. The van der Waals surface area contributed by atoms with Crippen LogP contribution in [0.2, 0.25) is 10.0 Å². The highest BCUT2D eigenvalue weighted by Crippen LogP contribution is 2.38. The van der Waals surface area contributed by atoms with Crippen LogP contribution in [0.1, 0.15) is 18.4 Å². The summed E-state index contributed by atoms with van der Waals surface area (Å²) in [5.74, 6) is 6.62. The monoisotopic (exact) mass is 328 g/mol. The third-order valence-corrected chi connectivity index (χ3v) is 4.54. The van der Waals surface area contributed by atoms with Crippen LogP contribution in [-0.4, -0.2) is 11.0 Å². The van der Waals surface area contributed by atoms with Gasteiger partial charge < -0.3 is 10.3 Å². The van der Waals surface area contributed by atoms with Crippen LogP contribution >= 0.6 is 34.5 Å². The highest BCUT2D eigenvalue weighted by Gasteiger charge is 2.31. The topological polar surface area (TPSA) is 54.2 Å². The third-order valence-electron chi connectivity index (χ3n) is 3.24. The molecule has 1 saturated carbocycles. The summed E-state index contributed by atoms with van der Waals surface area (Å²) >= 11 is 14.0. The molecule has 1 fully saturated rings. The molecule has 1 aliphatic carbocycles. The minimum absolute atomic E-state index is 0.424. The summed E-state index contributed by atoms with van der Waals surface area (Å²) in [6, 6.07) is 4.29. The Morgan fingerprint density at radius 2 is 2.20 bits per heavy atom. The molecule has 0 bridgehead atoms. The summed E-state index contributed by atoms with van der Waals surface area (Å²) in [4.78, 5) is 6.69. The van der Waals surface area contributed by atoms with Gasteiger partial charge in [0, 0.05) is 12.6 Å². The number of hydrazine groups is 1. The van der Waals surface area contributed by atoms with Crippen molar-refractivity contribution in [3.63, 3.8) is 0 Å². The van der Waals surface area contributed by atoms with Gasteiger partial charge in [-0.25, -0.2) is 10.8 Å². The lowest BCUT2D eigenvalue weighted by Crippen LogP contribution is -2.26. The molecule has 0 saturated heterocycles. The van der Waals surface area contributed by atoms with Gasteiger partial charge in [-0.1, -0.05) is 23.2 Å². The molecule has 0 radical (unpaired) electrons. The van der Waals surface area contributed by atoms with E-state index in [1.807, 2.05) is 0 Å². The number of hydrogen-bond donors (Lipinski definition) is 2. The minimum atomic E-state index is 0.424. The zero-order chi connectivity index (χ0) is 14.1. The molecule has 0 spiro atoms. The minimum Gasteiger partial charge on any atom is -0.348 e. The normalized spacial score (nSPS) is 14.3. The number of nitrogens with two attached hydrogens (primary N) is 1. The maximum Gasteiger partial charge on any atom is 0.161 e. The second kappa shape index (κ2) is 5.77. The molecule has 0 atom stereocenters. The fourth-order valence-electron chi connectivity index (χ4n) is 2.10. The average molecular weight is 329 g/mol. The molecule has 1 aliphatic rings. The van der Waals surface area contributed by atoms with Gasteiger partial charge >= 0.3 is 0 Å². The average Bonchev–Trinajstić information content (AvgIpc) is 3.14. The molecule has 2 heterocycles. The first-order valence-electron chi connectivity index (χ1n) is 6.29. The zero-order valence-corrected chi connectivity index (χ0v) is 13.0. The maximum absolute atomic E-state index is 6.31. The number of nitrogens with zero attached hydrogens (tertiary/aromatic N) is 2. The predicted molar refractivity (Wildman–Crippen MR) is 85.6 cm³/mol. The Bertz CT molecular complexity index is 599. The summed E-state index contributed by atoms with van der Waals surface area (Å²) < 4.78 is 0. The van der Waals surface area contributed by atoms with Crippen molar-refractivity contribution in [3.05, 3.63) is 38.5 Å². The Hall–Kier alpha value is -1.01. The van der Waals surface area contributed by atoms with E-state index in [9.17, 15) is 0 Å². The first-order chi connectivity index (χ1) is 9.69. The van der Waals surface area contributed by atoms with E-state index in [-0.39, 0.29) is 0 Å². The van der Waals surface area contributed by atoms with Gasteiger partial charge in [-0.15, -0.1) is 0 Å². The number of pyridine rings is 1. The van der Waals surface area contributed by atoms with Crippen molar-refractivity contribution in [2.45, 2.75) is 25.4 Å². The lowest BCUT2D eigenvalue weighted by Gasteiger charge is -2.25. The van der Waals surface area contributed by atoms with Crippen LogP contribution in [0.15, 0.2) is 22.9 Å². The van der Waals surface area contributed by atoms with Crippen LogP contribution in [0.5, 0.6) is 0 Å². The van der Waals surface area contributed by atoms with E-state index in [1.165, 1.54) is 5.56 Å². The Labute approximate surface area is 131 Å². The maximum atomic E-state index is 6.31. The molecule has 106 valence electrons. The Morgan fingerprint density at radius 1 is 1.40 bits per heavy atom. The molecule has 0 aliphatic heterocycles. The first-order valence-corrected chi connectivity index (χ1v) is 7.99. The third kappa shape index (κ3) is 2.86. The van der Waals surface area contributed by atoms with Crippen LogP contribution in [0.4, 0.5) is 11.6 Å². The first kappa shape index (κ1) is 13.9. The van der Waals surface area contributed by atoms with Gasteiger partial charge in [0.15, 0.2) is 11.6 Å². The fourth-order valence-corrected chi connectivity index (χ4v) is 3.28. The number of halogens is 2. The van der Waals surface area contributed by atoms with Crippen molar-refractivity contribution in [1.29, 1.82) is 0 Å². The van der Waals surface area contributed by atoms with Gasteiger partial charge in [0.1, 0.15) is 0 Å². The van der Waals surface area contributed by atoms with E-state index in [0.29, 0.717) is 21.9 Å². The molecular formula is C13H14Cl2N4S. The van der Waals surface area contributed by atoms with Gasteiger partial charge in [-0.2, -0.15) is 11.3 Å². The smallest absolute Gasteiger partial charge is 0.161 e. The standard InChI is InChI=1S/C13H14Cl2N4S/c14-10-5-11(15)13(17-12(10)18-16)19(9-1-2-9)6-8-3-4-20-7-8/h3-5,7,9H,1-2,6,16H2,(H,17,18). The lowest BCUT2D eigenvalue weighted by atomic mass is 10.3. The van der Waals surface area contributed by atoms with E-state index in [2.05, 4.69) is 32.1 Å². The van der Waals surface area contributed by atoms with Crippen molar-refractivity contribution < 1.29 is 0 Å². The van der Waals surface area contributed by atoms with Crippen molar-refractivity contribution in [3.8, 4) is 0 Å². The van der Waals surface area contributed by atoms with Crippen LogP contribution in [0, 0.1) is 0 Å². The van der Waals surface area contributed by atoms with Gasteiger partial charge in [0.2, 0.25) is 0 Å². The van der Waals surface area contributed by atoms with Crippen LogP contribution in [0.3, 0.4) is 0 Å². The Kier molecular flexibility index (Phi) is 4.03. The largest absolute Gasteiger partial charge is 0.348 e. The Morgan fingerprint density at radius 3 is 2.80 bits per heavy atom. The second-order valence-corrected chi connectivity index (χ2v) is 6.35. The number of hydrogen-bond acceptors (Lipinski definition) is 5. The molecular weight excluding hydrogens is 315 g/mol. The van der Waals surface area contributed by atoms with Gasteiger partial charge in [-0.3, -0.25) is 0 Å². The van der Waals surface area contributed by atoms with Crippen molar-refractivity contribution in [2.24, 2.45) is 5.84 Å². The van der Waals surface area contributed by atoms with Crippen molar-refractivity contribution in [2.75, 3.05) is 10.3 Å². The lowest BCUT2D eigenvalue weighted by molar-refractivity contribution is 0.781. The summed E-state index contributed by atoms with van der Waals surface area (Å²) in [5.41, 5.74) is 3.77. The van der Waals surface area contributed by atoms with E-state index < -0.39 is 0 Å². The molecule has 0 amide bonds. The van der Waals surface area contributed by atoms with Gasteiger partial charge in [-0.05, 0) is 41.3 Å². The Balaban J connectivity index is 1.94. The molecule has 3 rings (SSSR count). The number of rotatable bonds is 5. The highest BCUT2D eigenvalue weighted by atomic mass is 35.5. The van der Waals surface area contributed by atoms with Crippen LogP contribution < -0.4 is 16.2 Å². The number of anilines is 2. The summed E-state index contributed by atoms with van der Waals surface area (Å²) in [6.07, 6.45) is 2.33. The zero-order valence-electron chi connectivity index (χ0n) is 10.6. The number of aromatic nitrogens is 1. The number of nitrogens with one attached hydrogen (secondary N) is 1. The molecule has 0 unspecified atom stereocenters. The van der Waals surface area contributed by atoms with Crippen molar-refractivity contribution >= 4 is 46.2 Å². The van der Waals surface area contributed by atoms with E-state index in [4.69, 9.17) is 29.0 Å². The van der Waals surface area contributed by atoms with Crippen LogP contribution in [0.25, 0.3) is 0 Å². The van der Waals surface area contributed by atoms with Crippen LogP contribution in [-0.2, 0) is 6.54 Å². The molecule has 20 heavy (non-hydrogen) atoms. The summed E-state index contributed by atoms with van der Waals surface area (Å²) in [5, 5.41) is 5.19. The molecule has 3 N–H and O–H groups in total.